The van der Waals surface area contributed by atoms with Crippen LogP contribution in [0.4, 0.5) is 23.2 Å². The first-order valence-electron chi connectivity index (χ1n) is 10.9. The third-order valence-corrected chi connectivity index (χ3v) is 6.58. The van der Waals surface area contributed by atoms with Crippen molar-refractivity contribution >= 4 is 40.7 Å². The molecular weight excluding hydrogens is 519 g/mol. The third-order valence-electron chi connectivity index (χ3n) is 6.03. The van der Waals surface area contributed by atoms with Crippen LogP contribution in [-0.2, 0) is 30.4 Å². The van der Waals surface area contributed by atoms with Crippen LogP contribution in [0.5, 0.6) is 0 Å². The number of nitrogens with one attached hydrogen (secondary N) is 1. The van der Waals surface area contributed by atoms with Gasteiger partial charge in [-0.15, -0.1) is 0 Å². The van der Waals surface area contributed by atoms with E-state index >= 15 is 0 Å². The highest BCUT2D eigenvalue weighted by Gasteiger charge is 2.34. The normalized spacial score (nSPS) is 13.4. The average Bonchev–Trinajstić information content (AvgIpc) is 2.79. The van der Waals surface area contributed by atoms with Crippen LogP contribution in [0.3, 0.4) is 0 Å². The number of carbonyl (C=O) groups excluding carboxylic acids is 2. The van der Waals surface area contributed by atoms with Crippen molar-refractivity contribution in [2.24, 2.45) is 0 Å². The summed E-state index contributed by atoms with van der Waals surface area (Å²) in [5, 5.41) is 3.50. The molecule has 1 aliphatic rings. The molecule has 188 valence electrons. The van der Waals surface area contributed by atoms with E-state index in [0.29, 0.717) is 41.9 Å². The van der Waals surface area contributed by atoms with Gasteiger partial charge >= 0.3 is 6.18 Å². The Morgan fingerprint density at radius 1 is 1.06 bits per heavy atom. The number of alkyl halides is 3. The highest BCUT2D eigenvalue weighted by molar-refractivity contribution is 6.36. The van der Waals surface area contributed by atoms with Crippen molar-refractivity contribution in [3.63, 3.8) is 0 Å². The molecule has 1 N–H and O–H groups in total. The highest BCUT2D eigenvalue weighted by atomic mass is 35.5. The van der Waals surface area contributed by atoms with E-state index in [-0.39, 0.29) is 22.9 Å². The van der Waals surface area contributed by atoms with E-state index in [0.717, 1.165) is 28.8 Å². The van der Waals surface area contributed by atoms with Crippen molar-refractivity contribution in [1.29, 1.82) is 0 Å². The van der Waals surface area contributed by atoms with E-state index in [1.807, 2.05) is 19.1 Å². The van der Waals surface area contributed by atoms with Crippen LogP contribution in [0, 0.1) is 12.7 Å². The molecule has 0 aliphatic carbocycles. The third kappa shape index (κ3) is 5.50. The largest absolute Gasteiger partial charge is 0.419 e. The van der Waals surface area contributed by atoms with E-state index in [2.05, 4.69) is 5.32 Å². The number of benzene rings is 3. The van der Waals surface area contributed by atoms with E-state index < -0.39 is 23.5 Å². The minimum absolute atomic E-state index is 0.122. The van der Waals surface area contributed by atoms with Gasteiger partial charge in [-0.2, -0.15) is 13.2 Å². The fourth-order valence-corrected chi connectivity index (χ4v) is 4.71. The molecule has 0 bridgehead atoms. The van der Waals surface area contributed by atoms with Gasteiger partial charge in [-0.05, 0) is 65.9 Å². The number of aryl methyl sites for hydroxylation is 1. The number of nitrogens with zero attached hydrogens (tertiary/aromatic N) is 1. The van der Waals surface area contributed by atoms with Crippen LogP contribution in [0.1, 0.15) is 38.2 Å². The van der Waals surface area contributed by atoms with Gasteiger partial charge in [0.25, 0.3) is 5.91 Å². The molecule has 1 aliphatic heterocycles. The van der Waals surface area contributed by atoms with Crippen molar-refractivity contribution in [3.8, 4) is 0 Å². The summed E-state index contributed by atoms with van der Waals surface area (Å²) in [5.41, 5.74) is 2.18. The van der Waals surface area contributed by atoms with E-state index in [1.54, 1.807) is 17.0 Å². The molecule has 0 atom stereocenters. The Bertz CT molecular complexity index is 1360. The van der Waals surface area contributed by atoms with Gasteiger partial charge in [-0.25, -0.2) is 4.39 Å². The van der Waals surface area contributed by atoms with Crippen molar-refractivity contribution < 1.29 is 27.2 Å². The number of amides is 2. The highest BCUT2D eigenvalue weighted by Crippen LogP contribution is 2.33. The van der Waals surface area contributed by atoms with Crippen LogP contribution in [0.25, 0.3) is 0 Å². The lowest BCUT2D eigenvalue weighted by molar-refractivity contribution is -0.140. The van der Waals surface area contributed by atoms with Gasteiger partial charge in [0.15, 0.2) is 0 Å². The molecular formula is C26H20Cl2F4N2O2. The van der Waals surface area contributed by atoms with Crippen LogP contribution in [0.2, 0.25) is 10.0 Å². The van der Waals surface area contributed by atoms with Gasteiger partial charge in [-0.1, -0.05) is 41.4 Å². The van der Waals surface area contributed by atoms with Gasteiger partial charge in [0.05, 0.1) is 22.6 Å². The number of fused-ring (bicyclic) bond motifs is 1. The van der Waals surface area contributed by atoms with Crippen molar-refractivity contribution in [2.45, 2.75) is 32.5 Å². The molecule has 36 heavy (non-hydrogen) atoms. The number of halogens is 6. The topological polar surface area (TPSA) is 49.4 Å². The monoisotopic (exact) mass is 538 g/mol. The van der Waals surface area contributed by atoms with E-state index in [4.69, 9.17) is 23.2 Å². The Morgan fingerprint density at radius 3 is 2.47 bits per heavy atom. The molecule has 1 heterocycles. The zero-order chi connectivity index (χ0) is 26.2. The lowest BCUT2D eigenvalue weighted by atomic mass is 9.94. The summed E-state index contributed by atoms with van der Waals surface area (Å²) in [6.45, 7) is 2.51. The Balaban J connectivity index is 1.50. The molecule has 4 nitrogen and oxygen atoms in total. The lowest BCUT2D eigenvalue weighted by Gasteiger charge is -2.31. The number of carbonyl (C=O) groups is 2. The molecule has 0 radical (unpaired) electrons. The van der Waals surface area contributed by atoms with Crippen LogP contribution in [-0.4, -0.2) is 23.3 Å². The molecule has 3 aromatic carbocycles. The second-order valence-corrected chi connectivity index (χ2v) is 9.38. The lowest BCUT2D eigenvalue weighted by Crippen LogP contribution is -2.36. The molecule has 0 unspecified atom stereocenters. The fourth-order valence-electron chi connectivity index (χ4n) is 4.22. The Labute approximate surface area is 214 Å². The molecule has 3 aromatic rings. The first kappa shape index (κ1) is 26.0. The summed E-state index contributed by atoms with van der Waals surface area (Å²) in [4.78, 5) is 27.4. The maximum Gasteiger partial charge on any atom is 0.419 e. The van der Waals surface area contributed by atoms with Crippen molar-refractivity contribution in [2.75, 3.05) is 11.9 Å². The Morgan fingerprint density at radius 2 is 1.81 bits per heavy atom. The fraction of sp³-hybridized carbons (Fsp3) is 0.231. The Hall–Kier alpha value is -3.10. The van der Waals surface area contributed by atoms with E-state index in [9.17, 15) is 27.2 Å². The average molecular weight is 539 g/mol. The zero-order valence-electron chi connectivity index (χ0n) is 19.0. The second kappa shape index (κ2) is 10.1. The Kier molecular flexibility index (Phi) is 7.29. The van der Waals surface area contributed by atoms with Gasteiger partial charge in [0.1, 0.15) is 5.82 Å². The molecule has 0 saturated carbocycles. The van der Waals surface area contributed by atoms with Crippen molar-refractivity contribution in [1.82, 2.24) is 4.90 Å². The minimum atomic E-state index is -4.81. The molecule has 0 saturated heterocycles. The summed E-state index contributed by atoms with van der Waals surface area (Å²) >= 11 is 12.1. The zero-order valence-corrected chi connectivity index (χ0v) is 20.5. The maximum absolute atomic E-state index is 13.9. The predicted octanol–water partition coefficient (Wildman–Crippen LogP) is 6.84. The minimum Gasteiger partial charge on any atom is -0.334 e. The van der Waals surface area contributed by atoms with Gasteiger partial charge in [0, 0.05) is 23.8 Å². The van der Waals surface area contributed by atoms with Crippen LogP contribution in [0.15, 0.2) is 48.5 Å². The molecule has 0 fully saturated rings. The van der Waals surface area contributed by atoms with Gasteiger partial charge in [0.2, 0.25) is 5.91 Å². The molecule has 2 amide bonds. The summed E-state index contributed by atoms with van der Waals surface area (Å²) < 4.78 is 52.3. The maximum atomic E-state index is 13.9. The van der Waals surface area contributed by atoms with Gasteiger partial charge < -0.3 is 10.2 Å². The number of anilines is 1. The van der Waals surface area contributed by atoms with Crippen molar-refractivity contribution in [3.05, 3.63) is 97.8 Å². The number of hydrogen-bond donors (Lipinski definition) is 1. The van der Waals surface area contributed by atoms with Crippen LogP contribution >= 0.6 is 23.2 Å². The summed E-state index contributed by atoms with van der Waals surface area (Å²) in [6, 6.07) is 10.8. The summed E-state index contributed by atoms with van der Waals surface area (Å²) in [6.07, 6.45) is -4.63. The smallest absolute Gasteiger partial charge is 0.334 e. The first-order valence-corrected chi connectivity index (χ1v) is 11.7. The van der Waals surface area contributed by atoms with E-state index in [1.165, 1.54) is 6.07 Å². The molecule has 0 aromatic heterocycles. The molecule has 10 heteroatoms. The summed E-state index contributed by atoms with van der Waals surface area (Å²) in [5.74, 6) is -2.15. The second-order valence-electron chi connectivity index (χ2n) is 8.53. The molecule has 0 spiro atoms. The number of rotatable bonds is 4. The van der Waals surface area contributed by atoms with Gasteiger partial charge in [-0.3, -0.25) is 9.59 Å². The standard InChI is InChI=1S/C26H20Cl2F4N2O2/c1-14-2-4-16-13-34(25(36)19-6-5-17(27)12-21(19)28)9-8-18(16)24(14)33-23(35)11-15-3-7-20(22(29)10-15)26(30,31)32/h2-7,10,12H,8-9,11,13H2,1H3,(H,33,35). The first-order chi connectivity index (χ1) is 16.9. The number of hydrogen-bond acceptors (Lipinski definition) is 2. The summed E-state index contributed by atoms with van der Waals surface area (Å²) in [7, 11) is 0. The van der Waals surface area contributed by atoms with Crippen LogP contribution < -0.4 is 5.32 Å². The molecule has 4 rings (SSSR count). The quantitative estimate of drug-likeness (QED) is 0.369. The SMILES string of the molecule is Cc1ccc2c(c1NC(=O)Cc1ccc(C(F)(F)F)c(F)c1)CCN(C(=O)c1ccc(Cl)cc1Cl)C2. The predicted molar refractivity (Wildman–Crippen MR) is 130 cm³/mol.